The summed E-state index contributed by atoms with van der Waals surface area (Å²) in [5.41, 5.74) is 1.36. The number of amides is 2. The van der Waals surface area contributed by atoms with E-state index in [1.807, 2.05) is 4.90 Å². The Hall–Kier alpha value is -2.64. The Kier molecular flexibility index (Phi) is 7.04. The van der Waals surface area contributed by atoms with Crippen molar-refractivity contribution in [2.24, 2.45) is 0 Å². The molecule has 7 nitrogen and oxygen atoms in total. The summed E-state index contributed by atoms with van der Waals surface area (Å²) in [5, 5.41) is 2.61. The van der Waals surface area contributed by atoms with Crippen LogP contribution in [0.4, 0.5) is 4.79 Å². The summed E-state index contributed by atoms with van der Waals surface area (Å²) in [7, 11) is 0. The Bertz CT molecular complexity index is 897. The highest BCUT2D eigenvalue weighted by molar-refractivity contribution is 5.85. The third kappa shape index (κ3) is 5.35. The van der Waals surface area contributed by atoms with Crippen LogP contribution in [-0.4, -0.2) is 97.1 Å². The molecule has 31 heavy (non-hydrogen) atoms. The van der Waals surface area contributed by atoms with Crippen LogP contribution in [0.1, 0.15) is 12.5 Å². The fraction of sp³-hybridized carbons (Fsp3) is 0.500. The van der Waals surface area contributed by atoms with E-state index in [9.17, 15) is 9.59 Å². The molecule has 2 saturated heterocycles. The zero-order chi connectivity index (χ0) is 21.6. The minimum atomic E-state index is -0.281. The minimum Gasteiger partial charge on any atom is -0.450 e. The van der Waals surface area contributed by atoms with Gasteiger partial charge < -0.3 is 14.5 Å². The van der Waals surface area contributed by atoms with E-state index in [1.54, 1.807) is 11.8 Å². The average Bonchev–Trinajstić information content (AvgIpc) is 2.81. The number of nitrogens with zero attached hydrogens (tertiary/aromatic N) is 4. The second-order valence-electron chi connectivity index (χ2n) is 8.26. The highest BCUT2D eigenvalue weighted by Crippen LogP contribution is 2.20. The first-order valence-electron chi connectivity index (χ1n) is 11.2. The Morgan fingerprint density at radius 3 is 2.19 bits per heavy atom. The molecule has 2 aromatic rings. The van der Waals surface area contributed by atoms with Crippen LogP contribution in [0, 0.1) is 0 Å². The molecule has 166 valence electrons. The standard InChI is InChI=1S/C24H32N4O3/c1-2-31-24(30)28-16-14-27(15-17-28)23(29)19-26-12-10-25(11-13-26)18-21-8-5-7-20-6-3-4-9-22(20)21/h3-9H,2,10-19H2,1H3. The van der Waals surface area contributed by atoms with Crippen molar-refractivity contribution in [3.8, 4) is 0 Å². The van der Waals surface area contributed by atoms with Gasteiger partial charge in [0.1, 0.15) is 0 Å². The molecule has 0 N–H and O–H groups in total. The molecule has 2 aromatic carbocycles. The summed E-state index contributed by atoms with van der Waals surface area (Å²) in [5.74, 6) is 0.158. The molecule has 0 radical (unpaired) electrons. The average molecular weight is 425 g/mol. The van der Waals surface area contributed by atoms with E-state index in [0.29, 0.717) is 39.3 Å². The van der Waals surface area contributed by atoms with Crippen LogP contribution >= 0.6 is 0 Å². The van der Waals surface area contributed by atoms with E-state index in [1.165, 1.54) is 16.3 Å². The Labute approximate surface area is 184 Å². The predicted molar refractivity (Wildman–Crippen MR) is 121 cm³/mol. The van der Waals surface area contributed by atoms with Gasteiger partial charge in [0.25, 0.3) is 0 Å². The maximum atomic E-state index is 12.7. The first kappa shape index (κ1) is 21.6. The van der Waals surface area contributed by atoms with Gasteiger partial charge in [0, 0.05) is 58.9 Å². The number of hydrogen-bond acceptors (Lipinski definition) is 5. The fourth-order valence-corrected chi connectivity index (χ4v) is 4.42. The van der Waals surface area contributed by atoms with Gasteiger partial charge in [-0.05, 0) is 23.3 Å². The van der Waals surface area contributed by atoms with Crippen molar-refractivity contribution in [3.63, 3.8) is 0 Å². The zero-order valence-corrected chi connectivity index (χ0v) is 18.3. The third-order valence-electron chi connectivity index (χ3n) is 6.26. The summed E-state index contributed by atoms with van der Waals surface area (Å²) in [6, 6.07) is 15.0. The lowest BCUT2D eigenvalue weighted by molar-refractivity contribution is -0.134. The van der Waals surface area contributed by atoms with Crippen molar-refractivity contribution in [2.45, 2.75) is 13.5 Å². The van der Waals surface area contributed by atoms with Gasteiger partial charge in [-0.3, -0.25) is 14.6 Å². The SMILES string of the molecule is CCOC(=O)N1CCN(C(=O)CN2CCN(Cc3cccc4ccccc34)CC2)CC1. The minimum absolute atomic E-state index is 0.158. The number of benzene rings is 2. The van der Waals surface area contributed by atoms with E-state index in [4.69, 9.17) is 4.74 Å². The van der Waals surface area contributed by atoms with Crippen molar-refractivity contribution in [2.75, 3.05) is 65.5 Å². The molecule has 4 rings (SSSR count). The monoisotopic (exact) mass is 424 g/mol. The highest BCUT2D eigenvalue weighted by Gasteiger charge is 2.27. The van der Waals surface area contributed by atoms with Crippen LogP contribution in [0.5, 0.6) is 0 Å². The van der Waals surface area contributed by atoms with Gasteiger partial charge in [-0.1, -0.05) is 42.5 Å². The first-order chi connectivity index (χ1) is 15.1. The molecular weight excluding hydrogens is 392 g/mol. The lowest BCUT2D eigenvalue weighted by atomic mass is 10.0. The number of ether oxygens (including phenoxy) is 1. The normalized spacial score (nSPS) is 18.4. The second kappa shape index (κ2) is 10.1. The van der Waals surface area contributed by atoms with Gasteiger partial charge in [0.2, 0.25) is 5.91 Å². The molecule has 0 aliphatic carbocycles. The molecule has 0 saturated carbocycles. The maximum Gasteiger partial charge on any atom is 0.409 e. The lowest BCUT2D eigenvalue weighted by Crippen LogP contribution is -2.54. The van der Waals surface area contributed by atoms with Crippen molar-refractivity contribution in [1.29, 1.82) is 0 Å². The molecule has 2 amide bonds. The molecule has 0 bridgehead atoms. The summed E-state index contributed by atoms with van der Waals surface area (Å²) in [4.78, 5) is 32.8. The summed E-state index contributed by atoms with van der Waals surface area (Å²) in [6.07, 6.45) is -0.281. The largest absolute Gasteiger partial charge is 0.450 e. The summed E-state index contributed by atoms with van der Waals surface area (Å²) in [6.45, 7) is 9.58. The highest BCUT2D eigenvalue weighted by atomic mass is 16.6. The number of carbonyl (C=O) groups excluding carboxylic acids is 2. The Morgan fingerprint density at radius 1 is 0.806 bits per heavy atom. The number of carbonyl (C=O) groups is 2. The van der Waals surface area contributed by atoms with Crippen LogP contribution in [-0.2, 0) is 16.1 Å². The first-order valence-corrected chi connectivity index (χ1v) is 11.2. The van der Waals surface area contributed by atoms with Crippen molar-refractivity contribution >= 4 is 22.8 Å². The quantitative estimate of drug-likeness (QED) is 0.737. The lowest BCUT2D eigenvalue weighted by Gasteiger charge is -2.37. The number of piperazine rings is 2. The zero-order valence-electron chi connectivity index (χ0n) is 18.3. The van der Waals surface area contributed by atoms with E-state index < -0.39 is 0 Å². The Morgan fingerprint density at radius 2 is 1.45 bits per heavy atom. The molecular formula is C24H32N4O3. The van der Waals surface area contributed by atoms with Crippen LogP contribution in [0.3, 0.4) is 0 Å². The molecule has 2 fully saturated rings. The van der Waals surface area contributed by atoms with Crippen molar-refractivity contribution < 1.29 is 14.3 Å². The van der Waals surface area contributed by atoms with E-state index in [0.717, 1.165) is 32.7 Å². The molecule has 7 heteroatoms. The van der Waals surface area contributed by atoms with E-state index >= 15 is 0 Å². The second-order valence-corrected chi connectivity index (χ2v) is 8.26. The summed E-state index contributed by atoms with van der Waals surface area (Å²) < 4.78 is 5.05. The van der Waals surface area contributed by atoms with Crippen LogP contribution in [0.15, 0.2) is 42.5 Å². The molecule has 0 aromatic heterocycles. The van der Waals surface area contributed by atoms with Gasteiger partial charge in [-0.25, -0.2) is 4.79 Å². The van der Waals surface area contributed by atoms with Gasteiger partial charge >= 0.3 is 6.09 Å². The van der Waals surface area contributed by atoms with E-state index in [2.05, 4.69) is 52.3 Å². The van der Waals surface area contributed by atoms with Crippen LogP contribution in [0.2, 0.25) is 0 Å². The van der Waals surface area contributed by atoms with Crippen LogP contribution in [0.25, 0.3) is 10.8 Å². The fourth-order valence-electron chi connectivity index (χ4n) is 4.42. The topological polar surface area (TPSA) is 56.3 Å². The number of hydrogen-bond donors (Lipinski definition) is 0. The molecule has 2 aliphatic heterocycles. The van der Waals surface area contributed by atoms with Gasteiger partial charge in [0.05, 0.1) is 13.2 Å². The van der Waals surface area contributed by atoms with Crippen molar-refractivity contribution in [1.82, 2.24) is 19.6 Å². The smallest absolute Gasteiger partial charge is 0.409 e. The molecule has 0 unspecified atom stereocenters. The van der Waals surface area contributed by atoms with Gasteiger partial charge in [-0.2, -0.15) is 0 Å². The van der Waals surface area contributed by atoms with E-state index in [-0.39, 0.29) is 12.0 Å². The number of fused-ring (bicyclic) bond motifs is 1. The van der Waals surface area contributed by atoms with Gasteiger partial charge in [-0.15, -0.1) is 0 Å². The molecule has 2 aliphatic rings. The van der Waals surface area contributed by atoms with Crippen LogP contribution < -0.4 is 0 Å². The molecule has 0 atom stereocenters. The number of rotatable bonds is 5. The third-order valence-corrected chi connectivity index (χ3v) is 6.26. The molecule has 0 spiro atoms. The predicted octanol–water partition coefficient (Wildman–Crippen LogP) is 2.26. The summed E-state index contributed by atoms with van der Waals surface area (Å²) >= 11 is 0. The Balaban J connectivity index is 1.22. The van der Waals surface area contributed by atoms with Gasteiger partial charge in [0.15, 0.2) is 0 Å². The molecule has 2 heterocycles. The maximum absolute atomic E-state index is 12.7. The van der Waals surface area contributed by atoms with Crippen molar-refractivity contribution in [3.05, 3.63) is 48.0 Å².